The Kier molecular flexibility index (Phi) is 7.95. The molecular formula is C24H22Br2Cl2O3. The van der Waals surface area contributed by atoms with Gasteiger partial charge in [-0.25, -0.2) is 0 Å². The molecule has 0 aliphatic heterocycles. The molecule has 0 heterocycles. The van der Waals surface area contributed by atoms with Crippen molar-refractivity contribution >= 4 is 61.0 Å². The van der Waals surface area contributed by atoms with Gasteiger partial charge in [-0.3, -0.25) is 4.79 Å². The van der Waals surface area contributed by atoms with Gasteiger partial charge in [-0.05, 0) is 86.5 Å². The quantitative estimate of drug-likeness (QED) is 0.303. The summed E-state index contributed by atoms with van der Waals surface area (Å²) in [6, 6.07) is 14.5. The number of halogens is 4. The zero-order valence-corrected chi connectivity index (χ0v) is 21.9. The van der Waals surface area contributed by atoms with Gasteiger partial charge < -0.3 is 9.47 Å². The first-order valence-electron chi connectivity index (χ1n) is 9.72. The van der Waals surface area contributed by atoms with Crippen LogP contribution < -0.4 is 4.74 Å². The van der Waals surface area contributed by atoms with Crippen LogP contribution in [0, 0.1) is 17.3 Å². The number of benzene rings is 2. The van der Waals surface area contributed by atoms with Crippen molar-refractivity contribution < 1.29 is 14.3 Å². The summed E-state index contributed by atoms with van der Waals surface area (Å²) in [7, 11) is 0. The predicted molar refractivity (Wildman–Crippen MR) is 133 cm³/mol. The fourth-order valence-electron chi connectivity index (χ4n) is 3.58. The molecule has 7 heteroatoms. The number of allylic oxidation sites excluding steroid dienone is 2. The van der Waals surface area contributed by atoms with E-state index in [0.717, 1.165) is 8.96 Å². The van der Waals surface area contributed by atoms with Gasteiger partial charge in [0.15, 0.2) is 6.10 Å². The van der Waals surface area contributed by atoms with Gasteiger partial charge in [0.05, 0.1) is 14.3 Å². The largest absolute Gasteiger partial charge is 0.457 e. The molecule has 0 N–H and O–H groups in total. The van der Waals surface area contributed by atoms with Crippen molar-refractivity contribution in [1.29, 1.82) is 0 Å². The van der Waals surface area contributed by atoms with Gasteiger partial charge in [0, 0.05) is 10.6 Å². The third-order valence-electron chi connectivity index (χ3n) is 5.44. The first-order chi connectivity index (χ1) is 14.6. The number of hydrogen-bond donors (Lipinski definition) is 0. The summed E-state index contributed by atoms with van der Waals surface area (Å²) >= 11 is 19.2. The summed E-state index contributed by atoms with van der Waals surface area (Å²) in [5, 5.41) is 1.07. The molecule has 3 rings (SSSR count). The summed E-state index contributed by atoms with van der Waals surface area (Å²) in [5.41, 5.74) is 0.547. The van der Waals surface area contributed by atoms with Crippen LogP contribution in [0.5, 0.6) is 11.5 Å². The van der Waals surface area contributed by atoms with Crippen LogP contribution in [0.3, 0.4) is 0 Å². The minimum absolute atomic E-state index is 0.0818. The Morgan fingerprint density at radius 2 is 1.81 bits per heavy atom. The third kappa shape index (κ3) is 5.95. The molecule has 3 atom stereocenters. The average molecular weight is 589 g/mol. The van der Waals surface area contributed by atoms with Crippen LogP contribution in [-0.4, -0.2) is 5.97 Å². The molecule has 2 aromatic carbocycles. The lowest BCUT2D eigenvalue weighted by molar-refractivity contribution is -0.150. The molecule has 0 radical (unpaired) electrons. The highest BCUT2D eigenvalue weighted by Gasteiger charge is 2.61. The molecular weight excluding hydrogens is 567 g/mol. The maximum Gasteiger partial charge on any atom is 0.311 e. The van der Waals surface area contributed by atoms with Crippen LogP contribution in [-0.2, 0) is 9.53 Å². The van der Waals surface area contributed by atoms with Gasteiger partial charge in [0.1, 0.15) is 11.5 Å². The predicted octanol–water partition coefficient (Wildman–Crippen LogP) is 8.76. The monoisotopic (exact) mass is 586 g/mol. The van der Waals surface area contributed by atoms with E-state index in [2.05, 4.69) is 45.7 Å². The minimum Gasteiger partial charge on any atom is -0.457 e. The van der Waals surface area contributed by atoms with E-state index < -0.39 is 6.10 Å². The van der Waals surface area contributed by atoms with E-state index in [-0.39, 0.29) is 23.2 Å². The van der Waals surface area contributed by atoms with Crippen molar-refractivity contribution in [1.82, 2.24) is 0 Å². The lowest BCUT2D eigenvalue weighted by atomic mass is 10.1. The van der Waals surface area contributed by atoms with Crippen LogP contribution >= 0.6 is 55.1 Å². The molecule has 1 aliphatic rings. The van der Waals surface area contributed by atoms with Gasteiger partial charge >= 0.3 is 5.97 Å². The summed E-state index contributed by atoms with van der Waals surface area (Å²) < 4.78 is 12.6. The Morgan fingerprint density at radius 1 is 1.13 bits per heavy atom. The Morgan fingerprint density at radius 3 is 2.42 bits per heavy atom. The second kappa shape index (κ2) is 10.1. The van der Waals surface area contributed by atoms with Crippen molar-refractivity contribution in [3.8, 4) is 11.5 Å². The fourth-order valence-corrected chi connectivity index (χ4v) is 4.44. The number of esters is 1. The van der Waals surface area contributed by atoms with E-state index in [1.54, 1.807) is 30.3 Å². The highest BCUT2D eigenvalue weighted by Crippen LogP contribution is 2.60. The van der Waals surface area contributed by atoms with Crippen molar-refractivity contribution in [2.45, 2.75) is 26.9 Å². The third-order valence-corrected chi connectivity index (χ3v) is 6.64. The Hall–Kier alpha value is -1.27. The smallest absolute Gasteiger partial charge is 0.311 e. The van der Waals surface area contributed by atoms with E-state index in [4.69, 9.17) is 32.7 Å². The normalized spacial score (nSPS) is 20.5. The topological polar surface area (TPSA) is 35.5 Å². The van der Waals surface area contributed by atoms with Gasteiger partial charge in [-0.15, -0.1) is 0 Å². The van der Waals surface area contributed by atoms with E-state index in [9.17, 15) is 4.79 Å². The molecule has 0 saturated heterocycles. The molecule has 164 valence electrons. The maximum atomic E-state index is 13.0. The zero-order valence-electron chi connectivity index (χ0n) is 17.2. The average Bonchev–Trinajstić information content (AvgIpc) is 3.26. The van der Waals surface area contributed by atoms with Gasteiger partial charge in [0.2, 0.25) is 0 Å². The second-order valence-electron chi connectivity index (χ2n) is 7.90. The number of ether oxygens (including phenoxy) is 2. The molecule has 1 fully saturated rings. The summed E-state index contributed by atoms with van der Waals surface area (Å²) in [5.74, 6) is 0.828. The Balaban J connectivity index is 1.81. The minimum atomic E-state index is -0.707. The van der Waals surface area contributed by atoms with Crippen LogP contribution in [0.25, 0.3) is 0 Å². The van der Waals surface area contributed by atoms with Crippen LogP contribution in [0.2, 0.25) is 5.02 Å². The standard InChI is InChI=1S/C24H22Br2Cl2O3/c1-4-19(28)22(31-23(29)21-18(13-20(25)26)24(21,2)3)14-6-5-7-17(12-14)30-16-10-8-15(27)9-11-16/h4-13,18,21-22H,1-3H3. The lowest BCUT2D eigenvalue weighted by Crippen LogP contribution is -2.16. The molecule has 1 saturated carbocycles. The highest BCUT2D eigenvalue weighted by molar-refractivity contribution is 9.28. The molecule has 0 amide bonds. The maximum absolute atomic E-state index is 13.0. The molecule has 31 heavy (non-hydrogen) atoms. The van der Waals surface area contributed by atoms with Crippen molar-refractivity contribution in [2.24, 2.45) is 17.3 Å². The first-order valence-corrected chi connectivity index (χ1v) is 12.1. The number of rotatable bonds is 7. The van der Waals surface area contributed by atoms with Crippen molar-refractivity contribution in [2.75, 3.05) is 0 Å². The first kappa shape index (κ1) is 24.4. The van der Waals surface area contributed by atoms with Crippen LogP contribution in [0.4, 0.5) is 0 Å². The summed E-state index contributed by atoms with van der Waals surface area (Å²) in [6.07, 6.45) is 3.01. The summed E-state index contributed by atoms with van der Waals surface area (Å²) in [6.45, 7) is 5.91. The zero-order chi connectivity index (χ0) is 22.8. The van der Waals surface area contributed by atoms with Crippen LogP contribution in [0.1, 0.15) is 32.4 Å². The molecule has 2 aromatic rings. The molecule has 3 unspecified atom stereocenters. The molecule has 0 spiro atoms. The van der Waals surface area contributed by atoms with Gasteiger partial charge in [-0.2, -0.15) is 0 Å². The van der Waals surface area contributed by atoms with E-state index in [0.29, 0.717) is 21.6 Å². The Bertz CT molecular complexity index is 1010. The highest BCUT2D eigenvalue weighted by atomic mass is 79.9. The number of carbonyl (C=O) groups is 1. The molecule has 3 nitrogen and oxygen atoms in total. The van der Waals surface area contributed by atoms with Crippen LogP contribution in [0.15, 0.2) is 69.1 Å². The van der Waals surface area contributed by atoms with E-state index in [1.807, 2.05) is 37.3 Å². The van der Waals surface area contributed by atoms with Crippen molar-refractivity contribution in [3.63, 3.8) is 0 Å². The number of hydrogen-bond acceptors (Lipinski definition) is 3. The lowest BCUT2D eigenvalue weighted by Gasteiger charge is -2.19. The van der Waals surface area contributed by atoms with Crippen molar-refractivity contribution in [3.05, 3.63) is 79.7 Å². The molecule has 0 bridgehead atoms. The van der Waals surface area contributed by atoms with Gasteiger partial charge in [0.25, 0.3) is 0 Å². The molecule has 0 aromatic heterocycles. The van der Waals surface area contributed by atoms with E-state index in [1.165, 1.54) is 0 Å². The second-order valence-corrected chi connectivity index (χ2v) is 11.5. The molecule has 1 aliphatic carbocycles. The van der Waals surface area contributed by atoms with E-state index >= 15 is 0 Å². The number of carbonyl (C=O) groups excluding carboxylic acids is 1. The fraction of sp³-hybridized carbons (Fsp3) is 0.292. The SMILES string of the molecule is CC=C(Cl)C(OC(=O)C1C(C=C(Br)Br)C1(C)C)c1cccc(Oc2ccc(Cl)cc2)c1. The van der Waals surface area contributed by atoms with Gasteiger partial charge in [-0.1, -0.05) is 61.3 Å². The summed E-state index contributed by atoms with van der Waals surface area (Å²) in [4.78, 5) is 13.0. The Labute approximate surface area is 209 Å².